The lowest BCUT2D eigenvalue weighted by Gasteiger charge is -2.14. The van der Waals surface area contributed by atoms with Crippen molar-refractivity contribution in [2.75, 3.05) is 13.1 Å². The van der Waals surface area contributed by atoms with E-state index in [0.717, 1.165) is 11.1 Å². The zero-order chi connectivity index (χ0) is 21.5. The predicted octanol–water partition coefficient (Wildman–Crippen LogP) is 3.71. The molecule has 6 heteroatoms. The van der Waals surface area contributed by atoms with Gasteiger partial charge in [0.25, 0.3) is 11.8 Å². The zero-order valence-electron chi connectivity index (χ0n) is 17.1. The van der Waals surface area contributed by atoms with E-state index in [1.54, 1.807) is 24.3 Å². The van der Waals surface area contributed by atoms with Crippen LogP contribution in [0, 0.1) is 0 Å². The summed E-state index contributed by atoms with van der Waals surface area (Å²) in [6.07, 6.45) is 0.605. The second kappa shape index (κ2) is 9.80. The highest BCUT2D eigenvalue weighted by Gasteiger charge is 2.14. The average Bonchev–Trinajstić information content (AvgIpc) is 2.81. The molecule has 2 bridgehead atoms. The van der Waals surface area contributed by atoms with E-state index in [9.17, 15) is 9.59 Å². The molecule has 0 atom stereocenters. The number of nitrogens with one attached hydrogen (secondary N) is 2. The van der Waals surface area contributed by atoms with Crippen molar-refractivity contribution in [1.82, 2.24) is 10.6 Å². The van der Waals surface area contributed by atoms with E-state index in [1.807, 2.05) is 48.5 Å². The van der Waals surface area contributed by atoms with Crippen molar-refractivity contribution in [3.05, 3.63) is 95.1 Å². The van der Waals surface area contributed by atoms with Crippen LogP contribution in [-0.4, -0.2) is 24.9 Å². The van der Waals surface area contributed by atoms with Crippen LogP contribution in [0.25, 0.3) is 0 Å². The van der Waals surface area contributed by atoms with E-state index in [4.69, 9.17) is 9.47 Å². The molecule has 0 saturated carbocycles. The fourth-order valence-corrected chi connectivity index (χ4v) is 3.37. The second-order valence-corrected chi connectivity index (χ2v) is 7.25. The molecule has 0 aliphatic carbocycles. The van der Waals surface area contributed by atoms with E-state index in [-0.39, 0.29) is 11.8 Å². The zero-order valence-corrected chi connectivity index (χ0v) is 17.1. The van der Waals surface area contributed by atoms with Crippen LogP contribution >= 0.6 is 0 Å². The average molecular weight is 416 g/mol. The minimum Gasteiger partial charge on any atom is -0.488 e. The SMILES string of the molecule is O=C1NCCCNC(=O)c2ccccc2OCc2cccc(c2)COc2ccccc21. The van der Waals surface area contributed by atoms with E-state index in [0.29, 0.717) is 55.4 Å². The highest BCUT2D eigenvalue weighted by Crippen LogP contribution is 2.22. The Bertz CT molecular complexity index is 1000. The van der Waals surface area contributed by atoms with Crippen LogP contribution in [0.15, 0.2) is 72.8 Å². The van der Waals surface area contributed by atoms with Gasteiger partial charge in [-0.05, 0) is 47.9 Å². The van der Waals surface area contributed by atoms with Crippen molar-refractivity contribution in [3.8, 4) is 11.5 Å². The molecule has 0 radical (unpaired) electrons. The van der Waals surface area contributed by atoms with Crippen LogP contribution in [0.4, 0.5) is 0 Å². The lowest BCUT2D eigenvalue weighted by molar-refractivity contribution is 0.0947. The van der Waals surface area contributed by atoms with E-state index in [1.165, 1.54) is 0 Å². The third-order valence-corrected chi connectivity index (χ3v) is 4.97. The molecular formula is C25H24N2O4. The van der Waals surface area contributed by atoms with Crippen LogP contribution in [0.5, 0.6) is 11.5 Å². The molecule has 0 saturated heterocycles. The van der Waals surface area contributed by atoms with Gasteiger partial charge in [0.2, 0.25) is 0 Å². The molecule has 0 unspecified atom stereocenters. The smallest absolute Gasteiger partial charge is 0.255 e. The van der Waals surface area contributed by atoms with Gasteiger partial charge in [-0.2, -0.15) is 0 Å². The Labute approximate surface area is 181 Å². The summed E-state index contributed by atoms with van der Waals surface area (Å²) in [5, 5.41) is 5.78. The number of para-hydroxylation sites is 2. The number of carbonyl (C=O) groups is 2. The van der Waals surface area contributed by atoms with Gasteiger partial charge < -0.3 is 20.1 Å². The van der Waals surface area contributed by atoms with Crippen molar-refractivity contribution < 1.29 is 19.1 Å². The van der Waals surface area contributed by atoms with Crippen molar-refractivity contribution in [1.29, 1.82) is 0 Å². The maximum Gasteiger partial charge on any atom is 0.255 e. The quantitative estimate of drug-likeness (QED) is 0.586. The number of amides is 2. The Morgan fingerprint density at radius 1 is 0.613 bits per heavy atom. The summed E-state index contributed by atoms with van der Waals surface area (Å²) in [5.41, 5.74) is 2.90. The highest BCUT2D eigenvalue weighted by molar-refractivity contribution is 5.97. The Hall–Kier alpha value is -3.80. The molecule has 1 heterocycles. The van der Waals surface area contributed by atoms with Gasteiger partial charge in [-0.1, -0.05) is 42.5 Å². The van der Waals surface area contributed by atoms with Crippen LogP contribution in [0.1, 0.15) is 38.3 Å². The van der Waals surface area contributed by atoms with Crippen molar-refractivity contribution in [2.45, 2.75) is 19.6 Å². The number of rotatable bonds is 0. The molecule has 158 valence electrons. The molecule has 1 aliphatic heterocycles. The van der Waals surface area contributed by atoms with E-state index >= 15 is 0 Å². The van der Waals surface area contributed by atoms with Gasteiger partial charge in [0.15, 0.2) is 0 Å². The normalized spacial score (nSPS) is 15.0. The summed E-state index contributed by atoms with van der Waals surface area (Å²) >= 11 is 0. The van der Waals surface area contributed by atoms with Crippen LogP contribution < -0.4 is 20.1 Å². The van der Waals surface area contributed by atoms with Crippen LogP contribution in [-0.2, 0) is 13.2 Å². The molecule has 4 rings (SSSR count). The number of carbonyl (C=O) groups excluding carboxylic acids is 2. The number of hydrogen-bond acceptors (Lipinski definition) is 4. The Balaban J connectivity index is 1.59. The van der Waals surface area contributed by atoms with E-state index < -0.39 is 0 Å². The first-order chi connectivity index (χ1) is 15.2. The number of ether oxygens (including phenoxy) is 2. The van der Waals surface area contributed by atoms with Crippen molar-refractivity contribution >= 4 is 11.8 Å². The topological polar surface area (TPSA) is 76.7 Å². The number of fused-ring (bicyclic) bond motifs is 4. The first-order valence-electron chi connectivity index (χ1n) is 10.3. The molecule has 6 nitrogen and oxygen atoms in total. The van der Waals surface area contributed by atoms with Gasteiger partial charge in [-0.3, -0.25) is 9.59 Å². The van der Waals surface area contributed by atoms with E-state index in [2.05, 4.69) is 10.6 Å². The third-order valence-electron chi connectivity index (χ3n) is 4.97. The summed E-state index contributed by atoms with van der Waals surface area (Å²) < 4.78 is 11.9. The number of hydrogen-bond donors (Lipinski definition) is 2. The summed E-state index contributed by atoms with van der Waals surface area (Å²) in [6, 6.07) is 22.2. The predicted molar refractivity (Wildman–Crippen MR) is 117 cm³/mol. The van der Waals surface area contributed by atoms with Crippen LogP contribution in [0.2, 0.25) is 0 Å². The van der Waals surface area contributed by atoms with Crippen LogP contribution in [0.3, 0.4) is 0 Å². The standard InChI is InChI=1S/C25H24N2O4/c28-24-20-9-1-3-11-22(20)30-16-18-7-5-8-19(15-18)17-31-23-12-4-2-10-21(23)25(29)27-14-6-13-26-24/h1-5,7-12,15H,6,13-14,16-17H2,(H,26,28)(H,27,29). The summed E-state index contributed by atoms with van der Waals surface area (Å²) in [5.74, 6) is 0.668. The fraction of sp³-hybridized carbons (Fsp3) is 0.200. The van der Waals surface area contributed by atoms with Gasteiger partial charge in [0.1, 0.15) is 24.7 Å². The minimum atomic E-state index is -0.199. The number of benzene rings is 3. The summed E-state index contributed by atoms with van der Waals surface area (Å²) in [4.78, 5) is 25.2. The molecule has 1 aliphatic rings. The minimum absolute atomic E-state index is 0.199. The maximum absolute atomic E-state index is 12.6. The Morgan fingerprint density at radius 3 is 1.61 bits per heavy atom. The van der Waals surface area contributed by atoms with Gasteiger partial charge in [-0.15, -0.1) is 0 Å². The van der Waals surface area contributed by atoms with Gasteiger partial charge in [0.05, 0.1) is 11.1 Å². The Morgan fingerprint density at radius 2 is 1.10 bits per heavy atom. The molecule has 31 heavy (non-hydrogen) atoms. The summed E-state index contributed by atoms with van der Waals surface area (Å²) in [7, 11) is 0. The van der Waals surface area contributed by atoms with Crippen molar-refractivity contribution in [2.24, 2.45) is 0 Å². The lowest BCUT2D eigenvalue weighted by Crippen LogP contribution is -2.30. The fourth-order valence-electron chi connectivity index (χ4n) is 3.37. The molecule has 0 spiro atoms. The van der Waals surface area contributed by atoms with Gasteiger partial charge in [0, 0.05) is 13.1 Å². The largest absolute Gasteiger partial charge is 0.488 e. The lowest BCUT2D eigenvalue weighted by atomic mass is 10.1. The first kappa shape index (κ1) is 20.5. The molecular weight excluding hydrogens is 392 g/mol. The molecule has 3 aromatic rings. The maximum atomic E-state index is 12.6. The molecule has 0 aromatic heterocycles. The molecule has 0 fully saturated rings. The highest BCUT2D eigenvalue weighted by atomic mass is 16.5. The Kier molecular flexibility index (Phi) is 6.47. The molecule has 3 aromatic carbocycles. The van der Waals surface area contributed by atoms with Gasteiger partial charge >= 0.3 is 0 Å². The summed E-state index contributed by atoms with van der Waals surface area (Å²) in [6.45, 7) is 1.54. The second-order valence-electron chi connectivity index (χ2n) is 7.25. The molecule has 2 amide bonds. The monoisotopic (exact) mass is 416 g/mol. The first-order valence-corrected chi connectivity index (χ1v) is 10.3. The third kappa shape index (κ3) is 5.22. The molecule has 2 N–H and O–H groups in total. The van der Waals surface area contributed by atoms with Gasteiger partial charge in [-0.25, -0.2) is 0 Å². The van der Waals surface area contributed by atoms with Crippen molar-refractivity contribution in [3.63, 3.8) is 0 Å².